The number of hydrogen-bond acceptors (Lipinski definition) is 10. The van der Waals surface area contributed by atoms with Crippen molar-refractivity contribution in [1.82, 2.24) is 19.9 Å². The molecule has 0 radical (unpaired) electrons. The molecule has 0 spiro atoms. The number of fused-ring (bicyclic) bond motifs is 3. The van der Waals surface area contributed by atoms with E-state index in [-0.39, 0.29) is 29.8 Å². The van der Waals surface area contributed by atoms with Crippen molar-refractivity contribution in [3.8, 4) is 0 Å². The largest absolute Gasteiger partial charge is 0.459 e. The summed E-state index contributed by atoms with van der Waals surface area (Å²) < 4.78 is 39.1. The molecule has 1 aromatic carbocycles. The maximum Gasteiger partial charge on any atom is 0.330 e. The lowest BCUT2D eigenvalue weighted by atomic mass is 9.90. The number of amides is 1. The maximum atomic E-state index is 12.9. The lowest BCUT2D eigenvalue weighted by molar-refractivity contribution is -0.283. The Balaban J connectivity index is 0.000000204. The molecule has 5 heterocycles. The number of allylic oxidation sites excluding steroid dienone is 5. The fourth-order valence-corrected chi connectivity index (χ4v) is 9.32. The van der Waals surface area contributed by atoms with E-state index in [2.05, 4.69) is 40.8 Å². The van der Waals surface area contributed by atoms with E-state index >= 15 is 0 Å². The molecular formula is C36H48N4O7S2. The van der Waals surface area contributed by atoms with Crippen molar-refractivity contribution >= 4 is 43.8 Å². The Morgan fingerprint density at radius 2 is 1.96 bits per heavy atom. The smallest absolute Gasteiger partial charge is 0.330 e. The Morgan fingerprint density at radius 3 is 2.73 bits per heavy atom. The number of carbonyl (C=O) groups is 2. The van der Waals surface area contributed by atoms with E-state index in [1.807, 2.05) is 26.0 Å². The summed E-state index contributed by atoms with van der Waals surface area (Å²) >= 11 is 1.14. The third-order valence-corrected chi connectivity index (χ3v) is 12.2. The van der Waals surface area contributed by atoms with Crippen molar-refractivity contribution in [3.63, 3.8) is 0 Å². The van der Waals surface area contributed by atoms with Gasteiger partial charge in [0.05, 0.1) is 17.0 Å². The van der Waals surface area contributed by atoms with Crippen LogP contribution in [0.15, 0.2) is 77.5 Å². The number of thioether (sulfide) groups is 1. The number of piperazine rings is 1. The molecule has 1 unspecified atom stereocenters. The third-order valence-electron chi connectivity index (χ3n) is 9.29. The summed E-state index contributed by atoms with van der Waals surface area (Å²) in [6.07, 6.45) is 16.6. The Bertz CT molecular complexity index is 1670. The molecule has 3 fully saturated rings. The second kappa shape index (κ2) is 16.8. The predicted octanol–water partition coefficient (Wildman–Crippen LogP) is 5.08. The standard InChI is InChI=1S/C22H31NO5S.C14H17N3O2S/c1-15-7-5-3-4-6-8-16(2)11-20(24)27-18-12-17(10-9-15)28-22(26,13-18)19-14-29-21(25)23-19;1-11-9-16-7-8-17(11)20(18,19)14-4-2-3-12-10-15-6-5-13(12)14/h3-5,7,11,15,17-19,26H,6,8-10,12-14H2,1-2H3,(H,23,25);2-6,10-11,16H,7-9H2,1H3/b4-3+,7-5-,16-11-;/t15-,17-,18-,19+,22-;/m1./s1. The minimum Gasteiger partial charge on any atom is -0.459 e. The summed E-state index contributed by atoms with van der Waals surface area (Å²) in [5, 5.41) is 18.6. The number of ether oxygens (including phenoxy) is 2. The van der Waals surface area contributed by atoms with Gasteiger partial charge in [0.2, 0.25) is 10.0 Å². The Labute approximate surface area is 293 Å². The number of carbonyl (C=O) groups excluding carboxylic acids is 2. The summed E-state index contributed by atoms with van der Waals surface area (Å²) in [6, 6.07) is 6.54. The van der Waals surface area contributed by atoms with Crippen LogP contribution in [0, 0.1) is 5.92 Å². The van der Waals surface area contributed by atoms with Gasteiger partial charge in [-0.1, -0.05) is 60.7 Å². The van der Waals surface area contributed by atoms with Crippen LogP contribution in [-0.4, -0.2) is 89.5 Å². The molecule has 2 aromatic rings. The highest BCUT2D eigenvalue weighted by molar-refractivity contribution is 8.14. The van der Waals surface area contributed by atoms with Gasteiger partial charge in [-0.25, -0.2) is 13.2 Å². The normalized spacial score (nSPS) is 32.9. The first-order valence-electron chi connectivity index (χ1n) is 17.0. The molecule has 6 atom stereocenters. The topological polar surface area (TPSA) is 147 Å². The lowest BCUT2D eigenvalue weighted by Crippen LogP contribution is -2.58. The zero-order valence-corrected chi connectivity index (χ0v) is 30.0. The number of benzene rings is 1. The van der Waals surface area contributed by atoms with E-state index < -0.39 is 28.0 Å². The van der Waals surface area contributed by atoms with E-state index in [9.17, 15) is 23.1 Å². The molecule has 6 rings (SSSR count). The Morgan fingerprint density at radius 1 is 1.12 bits per heavy atom. The van der Waals surface area contributed by atoms with Gasteiger partial charge in [0.1, 0.15) is 6.10 Å². The van der Waals surface area contributed by atoms with E-state index in [4.69, 9.17) is 9.47 Å². The number of sulfonamides is 1. The van der Waals surface area contributed by atoms with Gasteiger partial charge in [0.15, 0.2) is 5.79 Å². The molecule has 3 saturated heterocycles. The molecule has 4 aliphatic rings. The summed E-state index contributed by atoms with van der Waals surface area (Å²) in [7, 11) is -3.47. The minimum atomic E-state index is -3.47. The number of esters is 1. The van der Waals surface area contributed by atoms with Gasteiger partial charge in [0, 0.05) is 73.5 Å². The Hall–Kier alpha value is -3.07. The second-order valence-corrected chi connectivity index (χ2v) is 16.1. The number of rotatable bonds is 3. The van der Waals surface area contributed by atoms with Gasteiger partial charge in [0.25, 0.3) is 5.24 Å². The van der Waals surface area contributed by atoms with Crippen LogP contribution in [0.3, 0.4) is 0 Å². The molecule has 0 saturated carbocycles. The number of aromatic nitrogens is 1. The molecule has 1 amide bonds. The second-order valence-electron chi connectivity index (χ2n) is 13.3. The van der Waals surface area contributed by atoms with Crippen molar-refractivity contribution in [1.29, 1.82) is 0 Å². The minimum absolute atomic E-state index is 0.0363. The maximum absolute atomic E-state index is 12.9. The summed E-state index contributed by atoms with van der Waals surface area (Å²) in [5.74, 6) is -1.10. The number of nitrogens with one attached hydrogen (secondary N) is 2. The van der Waals surface area contributed by atoms with E-state index in [1.54, 1.807) is 34.9 Å². The van der Waals surface area contributed by atoms with Gasteiger partial charge in [-0.3, -0.25) is 9.78 Å². The molecule has 4 aliphatic heterocycles. The van der Waals surface area contributed by atoms with Gasteiger partial charge < -0.3 is 25.2 Å². The van der Waals surface area contributed by atoms with Crippen LogP contribution in [0.25, 0.3) is 10.8 Å². The van der Waals surface area contributed by atoms with Gasteiger partial charge in [-0.15, -0.1) is 0 Å². The van der Waals surface area contributed by atoms with Gasteiger partial charge in [-0.2, -0.15) is 4.31 Å². The zero-order valence-electron chi connectivity index (χ0n) is 28.4. The quantitative estimate of drug-likeness (QED) is 0.369. The molecule has 49 heavy (non-hydrogen) atoms. The van der Waals surface area contributed by atoms with Crippen molar-refractivity contribution in [2.45, 2.75) is 94.3 Å². The SMILES string of the molecule is C/C1=C/C(=O)O[C@@H]2C[C@@H](CC[C@H](C)/C=C\C=C\CC1)O[C@@](O)([C@@H]1CSC(=O)N1)C2.CC1CNCCN1S(=O)(=O)c1cccc2cnccc12. The molecule has 266 valence electrons. The zero-order chi connectivity index (χ0) is 35.0. The van der Waals surface area contributed by atoms with Gasteiger partial charge >= 0.3 is 5.97 Å². The molecule has 2 bridgehead atoms. The van der Waals surface area contributed by atoms with E-state index in [0.29, 0.717) is 42.6 Å². The monoisotopic (exact) mass is 712 g/mol. The average molecular weight is 713 g/mol. The fraction of sp³-hybridized carbons (Fsp3) is 0.528. The molecule has 3 N–H and O–H groups in total. The van der Waals surface area contributed by atoms with Crippen molar-refractivity contribution in [2.75, 3.05) is 25.4 Å². The predicted molar refractivity (Wildman–Crippen MR) is 191 cm³/mol. The highest BCUT2D eigenvalue weighted by Crippen LogP contribution is 2.37. The molecule has 1 aromatic heterocycles. The molecule has 13 heteroatoms. The van der Waals surface area contributed by atoms with Gasteiger partial charge in [-0.05, 0) is 57.6 Å². The van der Waals surface area contributed by atoms with Crippen LogP contribution in [0.1, 0.15) is 59.3 Å². The third kappa shape index (κ3) is 9.80. The lowest BCUT2D eigenvalue weighted by Gasteiger charge is -2.43. The van der Waals surface area contributed by atoms with Crippen LogP contribution in [0.5, 0.6) is 0 Å². The van der Waals surface area contributed by atoms with Crippen LogP contribution in [0.2, 0.25) is 0 Å². The summed E-state index contributed by atoms with van der Waals surface area (Å²) in [4.78, 5) is 28.4. The first kappa shape index (κ1) is 37.2. The number of hydrogen-bond donors (Lipinski definition) is 3. The number of aliphatic hydroxyl groups is 1. The average Bonchev–Trinajstić information content (AvgIpc) is 3.52. The Kier molecular flexibility index (Phi) is 12.7. The summed E-state index contributed by atoms with van der Waals surface area (Å²) in [6.45, 7) is 7.88. The molecule has 11 nitrogen and oxygen atoms in total. The fourth-order valence-electron chi connectivity index (χ4n) is 6.59. The van der Waals surface area contributed by atoms with Crippen LogP contribution in [0.4, 0.5) is 4.79 Å². The van der Waals surface area contributed by atoms with E-state index in [1.165, 1.54) is 6.08 Å². The van der Waals surface area contributed by atoms with Crippen molar-refractivity contribution in [2.24, 2.45) is 5.92 Å². The van der Waals surface area contributed by atoms with Crippen molar-refractivity contribution < 1.29 is 32.6 Å². The molecular weight excluding hydrogens is 665 g/mol. The number of nitrogens with zero attached hydrogens (tertiary/aromatic N) is 2. The van der Waals surface area contributed by atoms with Crippen LogP contribution < -0.4 is 10.6 Å². The molecule has 0 aliphatic carbocycles. The highest BCUT2D eigenvalue weighted by Gasteiger charge is 2.49. The highest BCUT2D eigenvalue weighted by atomic mass is 32.2. The first-order valence-corrected chi connectivity index (χ1v) is 19.5. The van der Waals surface area contributed by atoms with Crippen LogP contribution in [-0.2, 0) is 24.3 Å². The number of pyridine rings is 1. The van der Waals surface area contributed by atoms with Crippen molar-refractivity contribution in [3.05, 3.63) is 72.6 Å². The van der Waals surface area contributed by atoms with Crippen LogP contribution >= 0.6 is 11.8 Å². The van der Waals surface area contributed by atoms with E-state index in [0.717, 1.165) is 53.8 Å². The first-order chi connectivity index (χ1) is 23.4. The summed E-state index contributed by atoms with van der Waals surface area (Å²) in [5.41, 5.74) is 0.961.